The molecule has 0 bridgehead atoms. The van der Waals surface area contributed by atoms with E-state index in [0.29, 0.717) is 12.3 Å². The number of furan rings is 1. The molecule has 27 heavy (non-hydrogen) atoms. The van der Waals surface area contributed by atoms with Gasteiger partial charge in [-0.25, -0.2) is 9.97 Å². The summed E-state index contributed by atoms with van der Waals surface area (Å²) < 4.78 is 11.0. The van der Waals surface area contributed by atoms with Crippen molar-refractivity contribution in [1.82, 2.24) is 15.3 Å². The van der Waals surface area contributed by atoms with E-state index in [4.69, 9.17) is 19.2 Å². The monoisotopic (exact) mass is 372 g/mol. The molecule has 1 atom stereocenters. The molecule has 0 saturated carbocycles. The Labute approximate surface area is 159 Å². The molecule has 2 aromatic rings. The Balaban J connectivity index is 1.53. The van der Waals surface area contributed by atoms with Gasteiger partial charge in [0, 0.05) is 30.9 Å². The average molecular weight is 372 g/mol. The van der Waals surface area contributed by atoms with Crippen molar-refractivity contribution in [2.75, 3.05) is 31.2 Å². The molecule has 4 rings (SSSR count). The van der Waals surface area contributed by atoms with E-state index in [2.05, 4.69) is 29.0 Å². The maximum absolute atomic E-state index is 9.16. The molecule has 1 aliphatic heterocycles. The SMILES string of the molecule is CC1(C)Cc2nc(N3CCOCC3)ncc2[C@H](NCc2ccc(CO)o2)C1. The molecule has 1 aliphatic carbocycles. The number of ether oxygens (including phenoxy) is 1. The van der Waals surface area contributed by atoms with Crippen LogP contribution in [0.3, 0.4) is 0 Å². The molecule has 7 heteroatoms. The first-order valence-electron chi connectivity index (χ1n) is 9.64. The third-order valence-corrected chi connectivity index (χ3v) is 5.36. The fraction of sp³-hybridized carbons (Fsp3) is 0.600. The number of aromatic nitrogens is 2. The topological polar surface area (TPSA) is 83.7 Å². The van der Waals surface area contributed by atoms with Crippen LogP contribution >= 0.6 is 0 Å². The number of nitrogens with zero attached hydrogens (tertiary/aromatic N) is 3. The van der Waals surface area contributed by atoms with Gasteiger partial charge in [0.15, 0.2) is 0 Å². The Morgan fingerprint density at radius 1 is 1.26 bits per heavy atom. The van der Waals surface area contributed by atoms with Crippen molar-refractivity contribution in [2.45, 2.75) is 45.9 Å². The lowest BCUT2D eigenvalue weighted by atomic mass is 9.74. The number of hydrogen-bond donors (Lipinski definition) is 2. The number of hydrogen-bond acceptors (Lipinski definition) is 7. The first-order chi connectivity index (χ1) is 13.0. The molecule has 0 radical (unpaired) electrons. The fourth-order valence-corrected chi connectivity index (χ4v) is 3.96. The van der Waals surface area contributed by atoms with Crippen molar-refractivity contribution in [3.05, 3.63) is 41.1 Å². The zero-order valence-electron chi connectivity index (χ0n) is 16.1. The summed E-state index contributed by atoms with van der Waals surface area (Å²) in [4.78, 5) is 11.8. The second kappa shape index (κ2) is 7.58. The minimum Gasteiger partial charge on any atom is -0.462 e. The first kappa shape index (κ1) is 18.4. The predicted molar refractivity (Wildman–Crippen MR) is 101 cm³/mol. The zero-order valence-corrected chi connectivity index (χ0v) is 16.1. The van der Waals surface area contributed by atoms with Crippen LogP contribution in [0.4, 0.5) is 5.95 Å². The highest BCUT2D eigenvalue weighted by Gasteiger charge is 2.34. The van der Waals surface area contributed by atoms with Crippen LogP contribution in [0, 0.1) is 5.41 Å². The predicted octanol–water partition coefficient (Wildman–Crippen LogP) is 2.20. The molecule has 2 N–H and O–H groups in total. The maximum atomic E-state index is 9.16. The van der Waals surface area contributed by atoms with Crippen LogP contribution in [0.2, 0.25) is 0 Å². The molecule has 1 saturated heterocycles. The number of anilines is 1. The molecular weight excluding hydrogens is 344 g/mol. The molecule has 2 aromatic heterocycles. The zero-order chi connectivity index (χ0) is 18.9. The Hall–Kier alpha value is -1.96. The molecule has 1 fully saturated rings. The van der Waals surface area contributed by atoms with E-state index in [1.54, 1.807) is 0 Å². The van der Waals surface area contributed by atoms with E-state index < -0.39 is 0 Å². The van der Waals surface area contributed by atoms with Crippen molar-refractivity contribution in [1.29, 1.82) is 0 Å². The van der Waals surface area contributed by atoms with Gasteiger partial charge in [-0.1, -0.05) is 13.8 Å². The highest BCUT2D eigenvalue weighted by molar-refractivity contribution is 5.36. The minimum absolute atomic E-state index is 0.0720. The molecule has 146 valence electrons. The van der Waals surface area contributed by atoms with Gasteiger partial charge < -0.3 is 24.5 Å². The third kappa shape index (κ3) is 4.15. The molecule has 7 nitrogen and oxygen atoms in total. The van der Waals surface area contributed by atoms with Gasteiger partial charge in [-0.2, -0.15) is 0 Å². The Kier molecular flexibility index (Phi) is 5.16. The number of nitrogens with one attached hydrogen (secondary N) is 1. The van der Waals surface area contributed by atoms with Gasteiger partial charge >= 0.3 is 0 Å². The summed E-state index contributed by atoms with van der Waals surface area (Å²) in [6, 6.07) is 3.91. The quantitative estimate of drug-likeness (QED) is 0.832. The molecule has 0 unspecified atom stereocenters. The smallest absolute Gasteiger partial charge is 0.225 e. The van der Waals surface area contributed by atoms with E-state index in [0.717, 1.165) is 56.5 Å². The number of rotatable bonds is 5. The van der Waals surface area contributed by atoms with Crippen LogP contribution in [-0.2, 0) is 24.3 Å². The fourth-order valence-electron chi connectivity index (χ4n) is 3.96. The standard InChI is InChI=1S/C20H28N4O3/c1-20(2)9-17(21-11-14-3-4-15(13-25)27-14)16-12-22-19(23-18(16)10-20)24-5-7-26-8-6-24/h3-4,12,17,21,25H,5-11,13H2,1-2H3/t17-/m1/s1. The van der Waals surface area contributed by atoms with Gasteiger partial charge in [-0.05, 0) is 30.4 Å². The number of fused-ring (bicyclic) bond motifs is 1. The summed E-state index contributed by atoms with van der Waals surface area (Å²) in [7, 11) is 0. The van der Waals surface area contributed by atoms with Crippen molar-refractivity contribution in [3.63, 3.8) is 0 Å². The number of aliphatic hydroxyl groups is 1. The van der Waals surface area contributed by atoms with Crippen molar-refractivity contribution in [2.24, 2.45) is 5.41 Å². The summed E-state index contributed by atoms with van der Waals surface area (Å²) in [5.41, 5.74) is 2.48. The Morgan fingerprint density at radius 3 is 2.78 bits per heavy atom. The Bertz CT molecular complexity index is 783. The van der Waals surface area contributed by atoms with Crippen molar-refractivity contribution in [3.8, 4) is 0 Å². The summed E-state index contributed by atoms with van der Waals surface area (Å²) in [5, 5.41) is 12.8. The second-order valence-electron chi connectivity index (χ2n) is 8.18. The molecule has 0 aromatic carbocycles. The van der Waals surface area contributed by atoms with Crippen LogP contribution in [-0.4, -0.2) is 41.4 Å². The van der Waals surface area contributed by atoms with Crippen LogP contribution in [0.15, 0.2) is 22.7 Å². The van der Waals surface area contributed by atoms with Gasteiger partial charge in [-0.15, -0.1) is 0 Å². The summed E-state index contributed by atoms with van der Waals surface area (Å²) in [5.74, 6) is 2.23. The number of morpholine rings is 1. The van der Waals surface area contributed by atoms with Gasteiger partial charge in [-0.3, -0.25) is 0 Å². The lowest BCUT2D eigenvalue weighted by Gasteiger charge is -2.37. The van der Waals surface area contributed by atoms with Crippen molar-refractivity contribution >= 4 is 5.95 Å². The van der Waals surface area contributed by atoms with Gasteiger partial charge in [0.2, 0.25) is 5.95 Å². The highest BCUT2D eigenvalue weighted by Crippen LogP contribution is 2.40. The largest absolute Gasteiger partial charge is 0.462 e. The lowest BCUT2D eigenvalue weighted by molar-refractivity contribution is 0.122. The van der Waals surface area contributed by atoms with Crippen molar-refractivity contribution < 1.29 is 14.3 Å². The molecule has 3 heterocycles. The van der Waals surface area contributed by atoms with E-state index in [-0.39, 0.29) is 18.1 Å². The highest BCUT2D eigenvalue weighted by atomic mass is 16.5. The second-order valence-corrected chi connectivity index (χ2v) is 8.18. The number of aliphatic hydroxyl groups excluding tert-OH is 1. The van der Waals surface area contributed by atoms with Crippen LogP contribution in [0.1, 0.15) is 49.1 Å². The van der Waals surface area contributed by atoms with Gasteiger partial charge in [0.25, 0.3) is 0 Å². The van der Waals surface area contributed by atoms with E-state index in [9.17, 15) is 0 Å². The van der Waals surface area contributed by atoms with E-state index in [1.807, 2.05) is 18.3 Å². The van der Waals surface area contributed by atoms with Gasteiger partial charge in [0.05, 0.1) is 25.5 Å². The third-order valence-electron chi connectivity index (χ3n) is 5.36. The molecule has 0 amide bonds. The lowest BCUT2D eigenvalue weighted by Crippen LogP contribution is -2.38. The van der Waals surface area contributed by atoms with E-state index >= 15 is 0 Å². The maximum Gasteiger partial charge on any atom is 0.225 e. The van der Waals surface area contributed by atoms with Crippen LogP contribution in [0.25, 0.3) is 0 Å². The summed E-state index contributed by atoms with van der Waals surface area (Å²) in [6.45, 7) is 8.27. The summed E-state index contributed by atoms with van der Waals surface area (Å²) in [6.07, 6.45) is 3.96. The normalized spacial score (nSPS) is 21.9. The van der Waals surface area contributed by atoms with E-state index in [1.165, 1.54) is 5.56 Å². The molecular formula is C20H28N4O3. The van der Waals surface area contributed by atoms with Gasteiger partial charge in [0.1, 0.15) is 18.1 Å². The summed E-state index contributed by atoms with van der Waals surface area (Å²) >= 11 is 0. The molecule has 0 spiro atoms. The average Bonchev–Trinajstić information content (AvgIpc) is 3.13. The molecule has 2 aliphatic rings. The van der Waals surface area contributed by atoms with Crippen LogP contribution < -0.4 is 10.2 Å². The van der Waals surface area contributed by atoms with Crippen LogP contribution in [0.5, 0.6) is 0 Å². The minimum atomic E-state index is -0.0720. The Morgan fingerprint density at radius 2 is 2.04 bits per heavy atom. The first-order valence-corrected chi connectivity index (χ1v) is 9.64.